The van der Waals surface area contributed by atoms with E-state index in [4.69, 9.17) is 16.1 Å². The van der Waals surface area contributed by atoms with E-state index in [0.29, 0.717) is 21.9 Å². The lowest BCUT2D eigenvalue weighted by Gasteiger charge is -2.12. The number of benzene rings is 2. The van der Waals surface area contributed by atoms with Crippen molar-refractivity contribution < 1.29 is 18.8 Å². The van der Waals surface area contributed by atoms with E-state index in [2.05, 4.69) is 10.5 Å². The van der Waals surface area contributed by atoms with Gasteiger partial charge >= 0.3 is 5.97 Å². The van der Waals surface area contributed by atoms with E-state index < -0.39 is 11.8 Å². The maximum Gasteiger partial charge on any atom is 0.337 e. The van der Waals surface area contributed by atoms with E-state index in [1.807, 2.05) is 0 Å². The fraction of sp³-hybridized carbons (Fsp3) is 0.0667. The number of carbonyl (C=O) groups is 1. The van der Waals surface area contributed by atoms with Crippen LogP contribution in [-0.2, 0) is 0 Å². The van der Waals surface area contributed by atoms with Gasteiger partial charge in [-0.3, -0.25) is 0 Å². The summed E-state index contributed by atoms with van der Waals surface area (Å²) in [6, 6.07) is 7.97. The molecule has 3 rings (SSSR count). The Hall–Kier alpha value is -2.60. The molecule has 112 valence electrons. The molecule has 3 aromatic rings. The molecule has 22 heavy (non-hydrogen) atoms. The van der Waals surface area contributed by atoms with E-state index in [1.165, 1.54) is 6.07 Å². The number of aromatic carboxylic acids is 1. The van der Waals surface area contributed by atoms with Crippen LogP contribution in [0.1, 0.15) is 16.1 Å². The van der Waals surface area contributed by atoms with Crippen molar-refractivity contribution in [2.75, 3.05) is 5.32 Å². The Labute approximate surface area is 129 Å². The van der Waals surface area contributed by atoms with Gasteiger partial charge in [0.05, 0.1) is 22.0 Å². The molecule has 0 saturated heterocycles. The quantitative estimate of drug-likeness (QED) is 0.749. The van der Waals surface area contributed by atoms with Gasteiger partial charge in [0.15, 0.2) is 11.3 Å². The Balaban J connectivity index is 2.23. The number of rotatable bonds is 3. The van der Waals surface area contributed by atoms with Gasteiger partial charge < -0.3 is 14.9 Å². The predicted molar refractivity (Wildman–Crippen MR) is 80.4 cm³/mol. The zero-order valence-corrected chi connectivity index (χ0v) is 12.1. The van der Waals surface area contributed by atoms with E-state index >= 15 is 0 Å². The molecule has 1 heterocycles. The summed E-state index contributed by atoms with van der Waals surface area (Å²) < 4.78 is 19.6. The smallest absolute Gasteiger partial charge is 0.337 e. The predicted octanol–water partition coefficient (Wildman–Crippen LogP) is 4.37. The number of carboxylic acids is 1. The molecule has 2 N–H and O–H groups in total. The van der Waals surface area contributed by atoms with Crippen LogP contribution >= 0.6 is 11.6 Å². The highest BCUT2D eigenvalue weighted by Gasteiger charge is 2.22. The minimum Gasteiger partial charge on any atom is -0.478 e. The fourth-order valence-corrected chi connectivity index (χ4v) is 2.33. The van der Waals surface area contributed by atoms with Gasteiger partial charge in [0.2, 0.25) is 0 Å². The Morgan fingerprint density at radius 3 is 2.82 bits per heavy atom. The van der Waals surface area contributed by atoms with Crippen molar-refractivity contribution in [3.05, 3.63) is 52.5 Å². The van der Waals surface area contributed by atoms with Gasteiger partial charge in [-0.15, -0.1) is 0 Å². The lowest BCUT2D eigenvalue weighted by molar-refractivity contribution is 0.0697. The van der Waals surface area contributed by atoms with Crippen molar-refractivity contribution in [1.29, 1.82) is 0 Å². The fourth-order valence-electron chi connectivity index (χ4n) is 2.15. The van der Waals surface area contributed by atoms with Crippen LogP contribution in [-0.4, -0.2) is 16.2 Å². The van der Waals surface area contributed by atoms with E-state index in [1.54, 1.807) is 31.2 Å². The van der Waals surface area contributed by atoms with Crippen LogP contribution in [0.25, 0.3) is 10.9 Å². The highest BCUT2D eigenvalue weighted by Crippen LogP contribution is 2.34. The summed E-state index contributed by atoms with van der Waals surface area (Å²) in [5, 5.41) is 16.3. The average molecular weight is 321 g/mol. The van der Waals surface area contributed by atoms with E-state index in [9.17, 15) is 14.3 Å². The molecule has 0 amide bonds. The Morgan fingerprint density at radius 1 is 1.41 bits per heavy atom. The summed E-state index contributed by atoms with van der Waals surface area (Å²) in [5.74, 6) is -1.72. The molecule has 0 unspecified atom stereocenters. The molecule has 0 atom stereocenters. The first-order chi connectivity index (χ1) is 10.5. The lowest BCUT2D eigenvalue weighted by atomic mass is 10.1. The third-order valence-electron chi connectivity index (χ3n) is 3.26. The van der Waals surface area contributed by atoms with Crippen LogP contribution in [0.2, 0.25) is 5.02 Å². The molecule has 5 nitrogen and oxygen atoms in total. The van der Waals surface area contributed by atoms with Crippen molar-refractivity contribution in [3.8, 4) is 0 Å². The highest BCUT2D eigenvalue weighted by atomic mass is 35.5. The third-order valence-corrected chi connectivity index (χ3v) is 3.59. The minimum absolute atomic E-state index is 0.0305. The maximum absolute atomic E-state index is 14.6. The average Bonchev–Trinajstić information content (AvgIpc) is 2.85. The summed E-state index contributed by atoms with van der Waals surface area (Å²) in [6.07, 6.45) is 0. The van der Waals surface area contributed by atoms with E-state index in [-0.39, 0.29) is 16.8 Å². The second-order valence-corrected chi connectivity index (χ2v) is 5.07. The summed E-state index contributed by atoms with van der Waals surface area (Å²) in [4.78, 5) is 11.4. The Morgan fingerprint density at radius 2 is 2.14 bits per heavy atom. The summed E-state index contributed by atoms with van der Waals surface area (Å²) in [6.45, 7) is 1.58. The molecule has 0 aliphatic rings. The summed E-state index contributed by atoms with van der Waals surface area (Å²) >= 11 is 6.01. The van der Waals surface area contributed by atoms with Crippen LogP contribution in [0.15, 0.2) is 34.9 Å². The second-order valence-electron chi connectivity index (χ2n) is 4.66. The molecular formula is C15H10ClFN2O3. The molecule has 7 heteroatoms. The van der Waals surface area contributed by atoms with Crippen molar-refractivity contribution in [1.82, 2.24) is 5.16 Å². The second kappa shape index (κ2) is 5.31. The number of aryl methyl sites for hydroxylation is 1. The Bertz CT molecular complexity index is 892. The first-order valence-electron chi connectivity index (χ1n) is 6.32. The normalized spacial score (nSPS) is 10.9. The number of anilines is 2. The van der Waals surface area contributed by atoms with Crippen LogP contribution < -0.4 is 5.32 Å². The molecule has 0 aliphatic carbocycles. The number of halogens is 2. The monoisotopic (exact) mass is 320 g/mol. The topological polar surface area (TPSA) is 75.4 Å². The van der Waals surface area contributed by atoms with E-state index in [0.717, 1.165) is 0 Å². The van der Waals surface area contributed by atoms with Crippen molar-refractivity contribution in [2.24, 2.45) is 0 Å². The first kappa shape index (κ1) is 14.3. The number of hydrogen-bond donors (Lipinski definition) is 2. The molecule has 0 aliphatic heterocycles. The van der Waals surface area contributed by atoms with Gasteiger partial charge in [-0.05, 0) is 25.1 Å². The number of fused-ring (bicyclic) bond motifs is 1. The number of para-hydroxylation sites is 1. The summed E-state index contributed by atoms with van der Waals surface area (Å²) in [5.41, 5.74) is -0.0696. The largest absolute Gasteiger partial charge is 0.478 e. The van der Waals surface area contributed by atoms with Crippen LogP contribution in [0.5, 0.6) is 0 Å². The van der Waals surface area contributed by atoms with Crippen molar-refractivity contribution in [3.63, 3.8) is 0 Å². The van der Waals surface area contributed by atoms with Gasteiger partial charge in [-0.25, -0.2) is 9.18 Å². The third kappa shape index (κ3) is 2.27. The number of hydrogen-bond acceptors (Lipinski definition) is 4. The van der Waals surface area contributed by atoms with Crippen molar-refractivity contribution >= 4 is 39.8 Å². The van der Waals surface area contributed by atoms with Crippen LogP contribution in [0.4, 0.5) is 15.8 Å². The molecular weight excluding hydrogens is 311 g/mol. The number of aromatic nitrogens is 1. The number of carboxylic acid groups (broad SMARTS) is 1. The minimum atomic E-state index is -1.27. The van der Waals surface area contributed by atoms with Crippen LogP contribution in [0, 0.1) is 12.7 Å². The van der Waals surface area contributed by atoms with Gasteiger partial charge in [0.1, 0.15) is 5.76 Å². The van der Waals surface area contributed by atoms with Gasteiger partial charge in [0.25, 0.3) is 0 Å². The first-order valence-corrected chi connectivity index (χ1v) is 6.70. The molecule has 0 fully saturated rings. The van der Waals surface area contributed by atoms with Gasteiger partial charge in [0, 0.05) is 5.39 Å². The number of nitrogens with one attached hydrogen (secondary N) is 1. The zero-order valence-electron chi connectivity index (χ0n) is 11.4. The van der Waals surface area contributed by atoms with Crippen molar-refractivity contribution in [2.45, 2.75) is 6.92 Å². The Kier molecular flexibility index (Phi) is 3.46. The molecule has 2 aromatic carbocycles. The lowest BCUT2D eigenvalue weighted by Crippen LogP contribution is -2.06. The molecule has 0 radical (unpaired) electrons. The number of nitrogens with zero attached hydrogens (tertiary/aromatic N) is 1. The summed E-state index contributed by atoms with van der Waals surface area (Å²) in [7, 11) is 0. The van der Waals surface area contributed by atoms with Gasteiger partial charge in [-0.1, -0.05) is 28.9 Å². The zero-order chi connectivity index (χ0) is 15.9. The highest BCUT2D eigenvalue weighted by molar-refractivity contribution is 6.33. The molecule has 0 spiro atoms. The standard InChI is InChI=1S/C15H10ClFN2O3/c1-7-8-6-9(15(20)21)13(12(17)14(8)19-22-7)18-11-5-3-2-4-10(11)16/h2-6,18H,1H3,(H,20,21). The molecule has 0 saturated carbocycles. The van der Waals surface area contributed by atoms with Crippen LogP contribution in [0.3, 0.4) is 0 Å². The molecule has 0 bridgehead atoms. The SMILES string of the molecule is Cc1onc2c(F)c(Nc3ccccc3Cl)c(C(=O)O)cc12. The van der Waals surface area contributed by atoms with Gasteiger partial charge in [-0.2, -0.15) is 0 Å². The maximum atomic E-state index is 14.6. The molecule has 1 aromatic heterocycles.